The van der Waals surface area contributed by atoms with E-state index in [0.717, 1.165) is 25.3 Å². The summed E-state index contributed by atoms with van der Waals surface area (Å²) in [6.45, 7) is 6.27. The Morgan fingerprint density at radius 1 is 1.25 bits per heavy atom. The minimum atomic E-state index is 0.338. The molecule has 1 fully saturated rings. The average molecular weight is 228 g/mol. The van der Waals surface area contributed by atoms with Crippen molar-refractivity contribution in [2.75, 3.05) is 33.3 Å². The summed E-state index contributed by atoms with van der Waals surface area (Å²) >= 11 is 0. The highest BCUT2D eigenvalue weighted by Gasteiger charge is 2.21. The van der Waals surface area contributed by atoms with E-state index in [4.69, 9.17) is 5.11 Å². The maximum atomic E-state index is 8.68. The number of rotatable bonds is 7. The van der Waals surface area contributed by atoms with Crippen LogP contribution in [-0.2, 0) is 0 Å². The van der Waals surface area contributed by atoms with Gasteiger partial charge in [0.05, 0.1) is 0 Å². The number of likely N-dealkylation sites (tertiary alicyclic amines) is 1. The Balaban J connectivity index is 2.03. The highest BCUT2D eigenvalue weighted by Crippen LogP contribution is 2.19. The number of hydrogen-bond donors (Lipinski definition) is 2. The largest absolute Gasteiger partial charge is 0.396 e. The van der Waals surface area contributed by atoms with E-state index >= 15 is 0 Å². The first-order chi connectivity index (χ1) is 7.74. The molecule has 0 saturated carbocycles. The first kappa shape index (κ1) is 13.9. The van der Waals surface area contributed by atoms with Crippen LogP contribution in [0.15, 0.2) is 0 Å². The van der Waals surface area contributed by atoms with Gasteiger partial charge in [0.15, 0.2) is 0 Å². The van der Waals surface area contributed by atoms with Crippen LogP contribution in [0.25, 0.3) is 0 Å². The van der Waals surface area contributed by atoms with E-state index in [9.17, 15) is 0 Å². The van der Waals surface area contributed by atoms with Crippen LogP contribution in [0, 0.1) is 5.92 Å². The summed E-state index contributed by atoms with van der Waals surface area (Å²) in [5.74, 6) is 0.856. The van der Waals surface area contributed by atoms with Crippen LogP contribution in [-0.4, -0.2) is 49.3 Å². The van der Waals surface area contributed by atoms with Crippen molar-refractivity contribution in [1.82, 2.24) is 10.2 Å². The number of aliphatic hydroxyl groups excluding tert-OH is 1. The Hall–Kier alpha value is -0.120. The molecule has 1 heterocycles. The maximum Gasteiger partial charge on any atom is 0.0431 e. The van der Waals surface area contributed by atoms with Crippen LogP contribution in [0.5, 0.6) is 0 Å². The Labute approximate surface area is 100 Å². The van der Waals surface area contributed by atoms with Crippen molar-refractivity contribution >= 4 is 0 Å². The molecule has 0 spiro atoms. The molecule has 0 aromatic rings. The molecular formula is C13H28N2O. The average Bonchev–Trinajstić information content (AvgIpc) is 2.29. The molecule has 0 radical (unpaired) electrons. The SMILES string of the molecule is CC(NCCCCCO)C1CCN(C)CC1. The Bertz CT molecular complexity index is 167. The fourth-order valence-corrected chi connectivity index (χ4v) is 2.44. The van der Waals surface area contributed by atoms with Crippen molar-refractivity contribution in [3.05, 3.63) is 0 Å². The number of nitrogens with zero attached hydrogens (tertiary/aromatic N) is 1. The number of aliphatic hydroxyl groups is 1. The fourth-order valence-electron chi connectivity index (χ4n) is 2.44. The van der Waals surface area contributed by atoms with Gasteiger partial charge in [-0.25, -0.2) is 0 Å². The standard InChI is InChI=1S/C13H28N2O/c1-12(14-8-4-3-5-11-16)13-6-9-15(2)10-7-13/h12-14,16H,3-11H2,1-2H3. The highest BCUT2D eigenvalue weighted by molar-refractivity contribution is 4.78. The van der Waals surface area contributed by atoms with Gasteiger partial charge in [-0.15, -0.1) is 0 Å². The molecule has 0 aliphatic carbocycles. The van der Waals surface area contributed by atoms with Crippen LogP contribution in [0.1, 0.15) is 39.0 Å². The molecule has 0 bridgehead atoms. The van der Waals surface area contributed by atoms with Gasteiger partial charge < -0.3 is 15.3 Å². The molecule has 1 aliphatic heterocycles. The second-order valence-corrected chi connectivity index (χ2v) is 5.17. The lowest BCUT2D eigenvalue weighted by molar-refractivity contribution is 0.189. The number of piperidine rings is 1. The Morgan fingerprint density at radius 2 is 1.94 bits per heavy atom. The lowest BCUT2D eigenvalue weighted by atomic mass is 9.90. The van der Waals surface area contributed by atoms with Crippen molar-refractivity contribution in [3.8, 4) is 0 Å². The highest BCUT2D eigenvalue weighted by atomic mass is 16.2. The molecule has 0 aromatic carbocycles. The Morgan fingerprint density at radius 3 is 2.56 bits per heavy atom. The Kier molecular flexibility index (Phi) is 7.01. The van der Waals surface area contributed by atoms with Crippen LogP contribution in [0.3, 0.4) is 0 Å². The summed E-state index contributed by atoms with van der Waals surface area (Å²) in [5, 5.41) is 12.3. The molecule has 1 saturated heterocycles. The first-order valence-electron chi connectivity index (χ1n) is 6.77. The van der Waals surface area contributed by atoms with E-state index in [1.165, 1.54) is 32.4 Å². The van der Waals surface area contributed by atoms with Gasteiger partial charge in [-0.1, -0.05) is 0 Å². The van der Waals surface area contributed by atoms with E-state index in [1.54, 1.807) is 0 Å². The monoisotopic (exact) mass is 228 g/mol. The fraction of sp³-hybridized carbons (Fsp3) is 1.00. The third-order valence-electron chi connectivity index (χ3n) is 3.77. The topological polar surface area (TPSA) is 35.5 Å². The molecule has 96 valence electrons. The summed E-state index contributed by atoms with van der Waals surface area (Å²) in [4.78, 5) is 2.42. The molecular weight excluding hydrogens is 200 g/mol. The summed E-state index contributed by atoms with van der Waals surface area (Å²) in [6, 6.07) is 0.655. The molecule has 0 aromatic heterocycles. The van der Waals surface area contributed by atoms with Crippen molar-refractivity contribution in [3.63, 3.8) is 0 Å². The molecule has 1 atom stereocenters. The predicted octanol–water partition coefficient (Wildman–Crippen LogP) is 1.47. The van der Waals surface area contributed by atoms with Crippen LogP contribution >= 0.6 is 0 Å². The van der Waals surface area contributed by atoms with E-state index < -0.39 is 0 Å². The summed E-state index contributed by atoms with van der Waals surface area (Å²) in [6.07, 6.45) is 5.95. The van der Waals surface area contributed by atoms with E-state index in [-0.39, 0.29) is 0 Å². The van der Waals surface area contributed by atoms with Crippen molar-refractivity contribution in [1.29, 1.82) is 0 Å². The van der Waals surface area contributed by atoms with Crippen LogP contribution < -0.4 is 5.32 Å². The number of nitrogens with one attached hydrogen (secondary N) is 1. The van der Waals surface area contributed by atoms with Gasteiger partial charge in [0.2, 0.25) is 0 Å². The molecule has 0 amide bonds. The van der Waals surface area contributed by atoms with Crippen LogP contribution in [0.4, 0.5) is 0 Å². The predicted molar refractivity (Wildman–Crippen MR) is 68.6 cm³/mol. The summed E-state index contributed by atoms with van der Waals surface area (Å²) < 4.78 is 0. The van der Waals surface area contributed by atoms with Gasteiger partial charge in [-0.05, 0) is 71.6 Å². The zero-order chi connectivity index (χ0) is 11.8. The molecule has 3 heteroatoms. The van der Waals surface area contributed by atoms with Gasteiger partial charge in [0.1, 0.15) is 0 Å². The van der Waals surface area contributed by atoms with E-state index in [1.807, 2.05) is 0 Å². The van der Waals surface area contributed by atoms with E-state index in [2.05, 4.69) is 24.2 Å². The van der Waals surface area contributed by atoms with Gasteiger partial charge in [0.25, 0.3) is 0 Å². The van der Waals surface area contributed by atoms with Crippen molar-refractivity contribution in [2.24, 2.45) is 5.92 Å². The third kappa shape index (κ3) is 5.28. The van der Waals surface area contributed by atoms with Crippen molar-refractivity contribution in [2.45, 2.75) is 45.1 Å². The molecule has 16 heavy (non-hydrogen) atoms. The molecule has 2 N–H and O–H groups in total. The minimum Gasteiger partial charge on any atom is -0.396 e. The third-order valence-corrected chi connectivity index (χ3v) is 3.77. The molecule has 1 unspecified atom stereocenters. The molecule has 1 aliphatic rings. The maximum absolute atomic E-state index is 8.68. The smallest absolute Gasteiger partial charge is 0.0431 e. The first-order valence-corrected chi connectivity index (χ1v) is 6.77. The number of hydrogen-bond acceptors (Lipinski definition) is 3. The lowest BCUT2D eigenvalue weighted by Crippen LogP contribution is -2.40. The quantitative estimate of drug-likeness (QED) is 0.648. The normalized spacial score (nSPS) is 21.2. The van der Waals surface area contributed by atoms with E-state index in [0.29, 0.717) is 12.6 Å². The second kappa shape index (κ2) is 8.04. The van der Waals surface area contributed by atoms with Crippen molar-refractivity contribution < 1.29 is 5.11 Å². The lowest BCUT2D eigenvalue weighted by Gasteiger charge is -2.33. The van der Waals surface area contributed by atoms with Gasteiger partial charge in [-0.2, -0.15) is 0 Å². The minimum absolute atomic E-state index is 0.338. The molecule has 1 rings (SSSR count). The van der Waals surface area contributed by atoms with Crippen LogP contribution in [0.2, 0.25) is 0 Å². The van der Waals surface area contributed by atoms with Gasteiger partial charge >= 0.3 is 0 Å². The van der Waals surface area contributed by atoms with Gasteiger partial charge in [0, 0.05) is 12.6 Å². The zero-order valence-corrected chi connectivity index (χ0v) is 10.9. The summed E-state index contributed by atoms with van der Waals surface area (Å²) in [7, 11) is 2.21. The summed E-state index contributed by atoms with van der Waals surface area (Å²) in [5.41, 5.74) is 0. The molecule has 3 nitrogen and oxygen atoms in total. The van der Waals surface area contributed by atoms with Gasteiger partial charge in [-0.3, -0.25) is 0 Å². The zero-order valence-electron chi connectivity index (χ0n) is 10.9. The number of unbranched alkanes of at least 4 members (excludes halogenated alkanes) is 2. The second-order valence-electron chi connectivity index (χ2n) is 5.17.